The molecule has 2 aromatic rings. The molecule has 7 heteroatoms. The molecule has 1 fully saturated rings. The molecule has 0 N–H and O–H groups in total. The minimum atomic E-state index is -3.17. The lowest BCUT2D eigenvalue weighted by molar-refractivity contribution is 0.431. The Hall–Kier alpha value is -1.73. The number of rotatable bonds is 6. The molecule has 0 spiro atoms. The second-order valence-corrected chi connectivity index (χ2v) is 9.36. The predicted molar refractivity (Wildman–Crippen MR) is 96.1 cm³/mol. The third kappa shape index (κ3) is 3.48. The quantitative estimate of drug-likeness (QED) is 0.789. The molecule has 0 saturated heterocycles. The standard InChI is InChI=1S/C18H24N4O2S/c1-21(25(2,23)24)10-9-17-19-18(13-7-8-13)20-22(17)16-11-14-5-3-4-6-15(14)12-16/h3-6,13,16H,7-12H2,1-2H3. The molecule has 0 bridgehead atoms. The highest BCUT2D eigenvalue weighted by atomic mass is 32.2. The van der Waals surface area contributed by atoms with E-state index in [4.69, 9.17) is 10.1 Å². The molecule has 1 saturated carbocycles. The van der Waals surface area contributed by atoms with Crippen molar-refractivity contribution >= 4 is 10.0 Å². The Bertz CT molecular complexity index is 861. The molecule has 2 aliphatic rings. The van der Waals surface area contributed by atoms with Crippen molar-refractivity contribution in [1.29, 1.82) is 0 Å². The number of aromatic nitrogens is 3. The normalized spacial score (nSPS) is 18.0. The van der Waals surface area contributed by atoms with E-state index in [1.807, 2.05) is 0 Å². The number of likely N-dealkylation sites (N-methyl/N-ethyl adjacent to an activating group) is 1. The van der Waals surface area contributed by atoms with Crippen LogP contribution < -0.4 is 0 Å². The van der Waals surface area contributed by atoms with Gasteiger partial charge in [-0.3, -0.25) is 0 Å². The smallest absolute Gasteiger partial charge is 0.210 e. The summed E-state index contributed by atoms with van der Waals surface area (Å²) in [6.45, 7) is 0.432. The largest absolute Gasteiger partial charge is 0.246 e. The molecule has 0 unspecified atom stereocenters. The maximum absolute atomic E-state index is 11.6. The van der Waals surface area contributed by atoms with Gasteiger partial charge in [-0.1, -0.05) is 24.3 Å². The summed E-state index contributed by atoms with van der Waals surface area (Å²) in [6.07, 6.45) is 6.10. The average molecular weight is 360 g/mol. The Morgan fingerprint density at radius 1 is 1.20 bits per heavy atom. The fourth-order valence-corrected chi connectivity index (χ4v) is 3.91. The summed E-state index contributed by atoms with van der Waals surface area (Å²) in [5, 5.41) is 4.81. The summed E-state index contributed by atoms with van der Waals surface area (Å²) in [7, 11) is -1.56. The molecule has 0 radical (unpaired) electrons. The Morgan fingerprint density at radius 3 is 2.40 bits per heavy atom. The summed E-state index contributed by atoms with van der Waals surface area (Å²) < 4.78 is 26.8. The maximum atomic E-state index is 11.6. The highest BCUT2D eigenvalue weighted by Crippen LogP contribution is 2.39. The van der Waals surface area contributed by atoms with Crippen molar-refractivity contribution in [2.45, 2.75) is 44.1 Å². The molecule has 1 aromatic carbocycles. The van der Waals surface area contributed by atoms with E-state index in [-0.39, 0.29) is 6.04 Å². The Kier molecular flexibility index (Phi) is 4.16. The zero-order chi connectivity index (χ0) is 17.6. The summed E-state index contributed by atoms with van der Waals surface area (Å²) in [6, 6.07) is 8.83. The van der Waals surface area contributed by atoms with Crippen LogP contribution in [0, 0.1) is 0 Å². The van der Waals surface area contributed by atoms with Crippen molar-refractivity contribution < 1.29 is 8.42 Å². The van der Waals surface area contributed by atoms with Crippen molar-refractivity contribution in [2.75, 3.05) is 19.8 Å². The summed E-state index contributed by atoms with van der Waals surface area (Å²) in [4.78, 5) is 4.76. The molecule has 6 nitrogen and oxygen atoms in total. The molecule has 0 atom stereocenters. The maximum Gasteiger partial charge on any atom is 0.210 e. The van der Waals surface area contributed by atoms with Crippen LogP contribution in [0.3, 0.4) is 0 Å². The first-order chi connectivity index (χ1) is 11.9. The molecule has 25 heavy (non-hydrogen) atoms. The molecule has 0 amide bonds. The second kappa shape index (κ2) is 6.21. The lowest BCUT2D eigenvalue weighted by atomic mass is 10.1. The van der Waals surface area contributed by atoms with Crippen LogP contribution in [0.5, 0.6) is 0 Å². The third-order valence-electron chi connectivity index (χ3n) is 5.25. The Morgan fingerprint density at radius 2 is 1.84 bits per heavy atom. The van der Waals surface area contributed by atoms with Crippen LogP contribution in [0.1, 0.15) is 47.6 Å². The summed E-state index contributed by atoms with van der Waals surface area (Å²) in [5.41, 5.74) is 2.77. The molecular weight excluding hydrogens is 336 g/mol. The highest BCUT2D eigenvalue weighted by molar-refractivity contribution is 7.88. The Labute approximate surface area is 148 Å². The number of hydrogen-bond donors (Lipinski definition) is 0. The van der Waals surface area contributed by atoms with Gasteiger partial charge in [0, 0.05) is 25.9 Å². The van der Waals surface area contributed by atoms with Crippen molar-refractivity contribution in [3.63, 3.8) is 0 Å². The molecule has 4 rings (SSSR count). The van der Waals surface area contributed by atoms with Gasteiger partial charge in [0.2, 0.25) is 10.0 Å². The lowest BCUT2D eigenvalue weighted by Gasteiger charge is -2.16. The van der Waals surface area contributed by atoms with Crippen molar-refractivity contribution in [2.24, 2.45) is 0 Å². The Balaban J connectivity index is 1.57. The van der Waals surface area contributed by atoms with E-state index in [1.165, 1.54) is 21.7 Å². The molecule has 1 heterocycles. The fourth-order valence-electron chi connectivity index (χ4n) is 3.48. The van der Waals surface area contributed by atoms with E-state index in [2.05, 4.69) is 28.9 Å². The first-order valence-electron chi connectivity index (χ1n) is 8.85. The predicted octanol–water partition coefficient (Wildman–Crippen LogP) is 1.93. The van der Waals surface area contributed by atoms with Crippen molar-refractivity contribution in [1.82, 2.24) is 19.1 Å². The van der Waals surface area contributed by atoms with Gasteiger partial charge in [-0.2, -0.15) is 5.10 Å². The molecular formula is C18H24N4O2S. The van der Waals surface area contributed by atoms with Gasteiger partial charge in [-0.25, -0.2) is 22.4 Å². The van der Waals surface area contributed by atoms with Crippen LogP contribution in [0.2, 0.25) is 0 Å². The summed E-state index contributed by atoms with van der Waals surface area (Å²) in [5.74, 6) is 2.35. The van der Waals surface area contributed by atoms with Gasteiger partial charge in [0.1, 0.15) is 5.82 Å². The van der Waals surface area contributed by atoms with E-state index >= 15 is 0 Å². The van der Waals surface area contributed by atoms with E-state index in [0.717, 1.165) is 37.3 Å². The van der Waals surface area contributed by atoms with Crippen LogP contribution in [0.4, 0.5) is 0 Å². The molecule has 2 aliphatic carbocycles. The first kappa shape index (κ1) is 16.7. The van der Waals surface area contributed by atoms with Gasteiger partial charge in [-0.05, 0) is 36.8 Å². The lowest BCUT2D eigenvalue weighted by Crippen LogP contribution is -2.28. The van der Waals surface area contributed by atoms with E-state index < -0.39 is 10.0 Å². The van der Waals surface area contributed by atoms with Crippen molar-refractivity contribution in [3.8, 4) is 0 Å². The van der Waals surface area contributed by atoms with E-state index in [0.29, 0.717) is 18.9 Å². The first-order valence-corrected chi connectivity index (χ1v) is 10.7. The average Bonchev–Trinajstić information content (AvgIpc) is 3.19. The van der Waals surface area contributed by atoms with Crippen LogP contribution >= 0.6 is 0 Å². The van der Waals surface area contributed by atoms with Gasteiger partial charge >= 0.3 is 0 Å². The molecule has 1 aromatic heterocycles. The number of sulfonamides is 1. The third-order valence-corrected chi connectivity index (χ3v) is 6.57. The van der Waals surface area contributed by atoms with Gasteiger partial charge in [-0.15, -0.1) is 0 Å². The van der Waals surface area contributed by atoms with Gasteiger partial charge in [0.25, 0.3) is 0 Å². The minimum Gasteiger partial charge on any atom is -0.246 e. The zero-order valence-corrected chi connectivity index (χ0v) is 15.5. The fraction of sp³-hybridized carbons (Fsp3) is 0.556. The number of nitrogens with zero attached hydrogens (tertiary/aromatic N) is 4. The second-order valence-electron chi connectivity index (χ2n) is 7.27. The minimum absolute atomic E-state index is 0.288. The number of benzene rings is 1. The topological polar surface area (TPSA) is 68.1 Å². The van der Waals surface area contributed by atoms with Gasteiger partial charge < -0.3 is 0 Å². The van der Waals surface area contributed by atoms with Crippen molar-refractivity contribution in [3.05, 3.63) is 47.0 Å². The van der Waals surface area contributed by atoms with E-state index in [1.54, 1.807) is 7.05 Å². The highest BCUT2D eigenvalue weighted by Gasteiger charge is 2.32. The van der Waals surface area contributed by atoms with E-state index in [9.17, 15) is 8.42 Å². The monoisotopic (exact) mass is 360 g/mol. The van der Waals surface area contributed by atoms with Gasteiger partial charge in [0.15, 0.2) is 5.82 Å². The SMILES string of the molecule is CN(CCc1nc(C2CC2)nn1C1Cc2ccccc2C1)S(C)(=O)=O. The number of fused-ring (bicyclic) bond motifs is 1. The van der Waals surface area contributed by atoms with Crippen LogP contribution in [-0.4, -0.2) is 47.3 Å². The summed E-state index contributed by atoms with van der Waals surface area (Å²) >= 11 is 0. The van der Waals surface area contributed by atoms with Gasteiger partial charge in [0.05, 0.1) is 12.3 Å². The van der Waals surface area contributed by atoms with Crippen LogP contribution in [-0.2, 0) is 29.3 Å². The molecule has 134 valence electrons. The van der Waals surface area contributed by atoms with Crippen LogP contribution in [0.25, 0.3) is 0 Å². The van der Waals surface area contributed by atoms with Crippen LogP contribution in [0.15, 0.2) is 24.3 Å². The zero-order valence-electron chi connectivity index (χ0n) is 14.7. The number of hydrogen-bond acceptors (Lipinski definition) is 4. The molecule has 0 aliphatic heterocycles.